The highest BCUT2D eigenvalue weighted by Gasteiger charge is 2.11. The number of nitrogens with one attached hydrogen (secondary N) is 2. The van der Waals surface area contributed by atoms with Crippen LogP contribution in [0.25, 0.3) is 0 Å². The van der Waals surface area contributed by atoms with Crippen molar-refractivity contribution in [2.45, 2.75) is 32.7 Å². The van der Waals surface area contributed by atoms with Gasteiger partial charge in [0.25, 0.3) is 0 Å². The average molecular weight is 217 g/mol. The Morgan fingerprint density at radius 3 is 2.67 bits per heavy atom. The van der Waals surface area contributed by atoms with Gasteiger partial charge in [0.2, 0.25) is 0 Å². The highest BCUT2D eigenvalue weighted by molar-refractivity contribution is 5.73. The first-order chi connectivity index (χ1) is 7.11. The molecular formula is C10H23N3O2. The number of aliphatic hydroxyl groups excluding tert-OH is 1. The minimum atomic E-state index is -0.220. The van der Waals surface area contributed by atoms with E-state index in [1.54, 1.807) is 0 Å². The molecule has 0 aromatic heterocycles. The second-order valence-corrected chi connectivity index (χ2v) is 3.76. The highest BCUT2D eigenvalue weighted by atomic mass is 16.3. The smallest absolute Gasteiger partial charge is 0.314 e. The topological polar surface area (TPSA) is 87.4 Å². The molecule has 2 atom stereocenters. The first-order valence-electron chi connectivity index (χ1n) is 5.50. The van der Waals surface area contributed by atoms with Gasteiger partial charge >= 0.3 is 6.03 Å². The summed E-state index contributed by atoms with van der Waals surface area (Å²) in [6, 6.07) is -0.221. The van der Waals surface area contributed by atoms with Crippen LogP contribution in [-0.2, 0) is 0 Å². The van der Waals surface area contributed by atoms with Crippen molar-refractivity contribution < 1.29 is 9.90 Å². The molecule has 0 spiro atoms. The van der Waals surface area contributed by atoms with Crippen molar-refractivity contribution >= 4 is 6.03 Å². The summed E-state index contributed by atoms with van der Waals surface area (Å²) in [5.74, 6) is 0.405. The van der Waals surface area contributed by atoms with Crippen molar-refractivity contribution in [1.82, 2.24) is 10.6 Å². The van der Waals surface area contributed by atoms with Crippen LogP contribution in [0.2, 0.25) is 0 Å². The van der Waals surface area contributed by atoms with E-state index in [4.69, 9.17) is 10.8 Å². The van der Waals surface area contributed by atoms with Crippen LogP contribution in [0.5, 0.6) is 0 Å². The average Bonchev–Trinajstić information content (AvgIpc) is 2.25. The quantitative estimate of drug-likeness (QED) is 0.454. The Morgan fingerprint density at radius 2 is 2.13 bits per heavy atom. The van der Waals surface area contributed by atoms with Gasteiger partial charge in [0.05, 0.1) is 0 Å². The standard InChI is InChI=1S/C10H23N3O2/c1-3-8(2)9(11)7-13-10(15)12-5-4-6-14/h8-9,14H,3-7,11H2,1-2H3,(H2,12,13,15)/t8?,9-/m1/s1. The molecule has 0 bridgehead atoms. The summed E-state index contributed by atoms with van der Waals surface area (Å²) in [6.45, 7) is 5.20. The van der Waals surface area contributed by atoms with Gasteiger partial charge in [0.15, 0.2) is 0 Å². The third-order valence-corrected chi connectivity index (χ3v) is 2.49. The molecule has 1 unspecified atom stereocenters. The molecule has 0 heterocycles. The molecule has 5 N–H and O–H groups in total. The summed E-state index contributed by atoms with van der Waals surface area (Å²) in [4.78, 5) is 11.2. The Labute approximate surface area is 91.4 Å². The zero-order valence-electron chi connectivity index (χ0n) is 9.62. The van der Waals surface area contributed by atoms with Crippen LogP contribution >= 0.6 is 0 Å². The van der Waals surface area contributed by atoms with E-state index >= 15 is 0 Å². The maximum absolute atomic E-state index is 11.2. The number of rotatable bonds is 7. The van der Waals surface area contributed by atoms with Crippen LogP contribution in [0.1, 0.15) is 26.7 Å². The molecule has 2 amide bonds. The predicted octanol–water partition coefficient (Wildman–Crippen LogP) is 0.0414. The van der Waals surface area contributed by atoms with E-state index in [-0.39, 0.29) is 18.7 Å². The summed E-state index contributed by atoms with van der Waals surface area (Å²) in [6.07, 6.45) is 1.58. The van der Waals surface area contributed by atoms with E-state index in [9.17, 15) is 4.79 Å². The third kappa shape index (κ3) is 7.16. The van der Waals surface area contributed by atoms with Crippen LogP contribution in [0.3, 0.4) is 0 Å². The summed E-state index contributed by atoms with van der Waals surface area (Å²) in [5, 5.41) is 13.8. The number of nitrogens with two attached hydrogens (primary N) is 1. The second kappa shape index (κ2) is 8.49. The largest absolute Gasteiger partial charge is 0.396 e. The van der Waals surface area contributed by atoms with E-state index in [0.717, 1.165) is 6.42 Å². The molecule has 15 heavy (non-hydrogen) atoms. The summed E-state index contributed by atoms with van der Waals surface area (Å²) in [5.41, 5.74) is 5.85. The Balaban J connectivity index is 3.52. The molecule has 90 valence electrons. The van der Waals surface area contributed by atoms with Crippen LogP contribution in [-0.4, -0.2) is 36.9 Å². The first kappa shape index (κ1) is 14.2. The molecule has 0 fully saturated rings. The van der Waals surface area contributed by atoms with Gasteiger partial charge in [-0.15, -0.1) is 0 Å². The molecule has 0 radical (unpaired) electrons. The van der Waals surface area contributed by atoms with Gasteiger partial charge < -0.3 is 21.5 Å². The zero-order valence-corrected chi connectivity index (χ0v) is 9.62. The van der Waals surface area contributed by atoms with Crippen molar-refractivity contribution in [2.75, 3.05) is 19.7 Å². The molecule has 5 heteroatoms. The molecule has 0 aromatic rings. The number of carbonyl (C=O) groups is 1. The van der Waals surface area contributed by atoms with Crippen molar-refractivity contribution in [3.05, 3.63) is 0 Å². The molecular weight excluding hydrogens is 194 g/mol. The van der Waals surface area contributed by atoms with E-state index in [1.807, 2.05) is 0 Å². The minimum Gasteiger partial charge on any atom is -0.396 e. The predicted molar refractivity (Wildman–Crippen MR) is 60.5 cm³/mol. The fourth-order valence-corrected chi connectivity index (χ4v) is 1.06. The number of carbonyl (C=O) groups excluding carboxylic acids is 1. The van der Waals surface area contributed by atoms with E-state index in [1.165, 1.54) is 0 Å². The Morgan fingerprint density at radius 1 is 1.47 bits per heavy atom. The van der Waals surface area contributed by atoms with Crippen LogP contribution < -0.4 is 16.4 Å². The lowest BCUT2D eigenvalue weighted by molar-refractivity contribution is 0.236. The lowest BCUT2D eigenvalue weighted by atomic mass is 10.0. The summed E-state index contributed by atoms with van der Waals surface area (Å²) in [7, 11) is 0. The normalized spacial score (nSPS) is 14.4. The SMILES string of the molecule is CCC(C)[C@H](N)CNC(=O)NCCCO. The molecule has 0 rings (SSSR count). The molecule has 5 nitrogen and oxygen atoms in total. The molecule has 0 aliphatic carbocycles. The van der Waals surface area contributed by atoms with Crippen molar-refractivity contribution in [2.24, 2.45) is 11.7 Å². The van der Waals surface area contributed by atoms with Crippen molar-refractivity contribution in [1.29, 1.82) is 0 Å². The Bertz CT molecular complexity index is 176. The number of aliphatic hydroxyl groups is 1. The van der Waals surface area contributed by atoms with Gasteiger partial charge in [-0.05, 0) is 12.3 Å². The molecule has 0 saturated heterocycles. The number of hydrogen-bond donors (Lipinski definition) is 4. The number of urea groups is 1. The van der Waals surface area contributed by atoms with Gasteiger partial charge in [0, 0.05) is 25.7 Å². The second-order valence-electron chi connectivity index (χ2n) is 3.76. The summed E-state index contributed by atoms with van der Waals surface area (Å²) < 4.78 is 0. The lowest BCUT2D eigenvalue weighted by Gasteiger charge is -2.18. The first-order valence-corrected chi connectivity index (χ1v) is 5.50. The van der Waals surface area contributed by atoms with Gasteiger partial charge in [-0.3, -0.25) is 0 Å². The monoisotopic (exact) mass is 217 g/mol. The highest BCUT2D eigenvalue weighted by Crippen LogP contribution is 2.03. The minimum absolute atomic E-state index is 0.00130. The molecule has 0 saturated carbocycles. The maximum Gasteiger partial charge on any atom is 0.314 e. The van der Waals surface area contributed by atoms with Gasteiger partial charge in [-0.2, -0.15) is 0 Å². The van der Waals surface area contributed by atoms with Crippen molar-refractivity contribution in [3.8, 4) is 0 Å². The maximum atomic E-state index is 11.2. The van der Waals surface area contributed by atoms with Gasteiger partial charge in [-0.1, -0.05) is 20.3 Å². The van der Waals surface area contributed by atoms with Crippen LogP contribution in [0.4, 0.5) is 4.79 Å². The number of amides is 2. The van der Waals surface area contributed by atoms with E-state index < -0.39 is 0 Å². The zero-order chi connectivity index (χ0) is 11.7. The van der Waals surface area contributed by atoms with E-state index in [2.05, 4.69) is 24.5 Å². The lowest BCUT2D eigenvalue weighted by Crippen LogP contribution is -2.45. The number of hydrogen-bond acceptors (Lipinski definition) is 3. The summed E-state index contributed by atoms with van der Waals surface area (Å²) >= 11 is 0. The Kier molecular flexibility index (Phi) is 8.04. The third-order valence-electron chi connectivity index (χ3n) is 2.49. The molecule has 0 aliphatic heterocycles. The molecule has 0 aliphatic rings. The van der Waals surface area contributed by atoms with E-state index in [0.29, 0.717) is 25.4 Å². The van der Waals surface area contributed by atoms with Crippen molar-refractivity contribution in [3.63, 3.8) is 0 Å². The molecule has 0 aromatic carbocycles. The van der Waals surface area contributed by atoms with Crippen LogP contribution in [0.15, 0.2) is 0 Å². The van der Waals surface area contributed by atoms with Crippen LogP contribution in [0, 0.1) is 5.92 Å². The van der Waals surface area contributed by atoms with Gasteiger partial charge in [0.1, 0.15) is 0 Å². The van der Waals surface area contributed by atoms with Gasteiger partial charge in [-0.25, -0.2) is 4.79 Å². The fourth-order valence-electron chi connectivity index (χ4n) is 1.06. The Hall–Kier alpha value is -0.810. The fraction of sp³-hybridized carbons (Fsp3) is 0.900.